The molecule has 0 fully saturated rings. The highest BCUT2D eigenvalue weighted by Gasteiger charge is 2.24. The van der Waals surface area contributed by atoms with Crippen LogP contribution in [0.1, 0.15) is 44.7 Å². The highest BCUT2D eigenvalue weighted by atomic mass is 16.3. The molecule has 1 rings (SSSR count). The Kier molecular flexibility index (Phi) is 6.37. The van der Waals surface area contributed by atoms with Crippen molar-refractivity contribution in [1.29, 1.82) is 0 Å². The molecule has 0 heterocycles. The van der Waals surface area contributed by atoms with Gasteiger partial charge in [-0.05, 0) is 30.4 Å². The topological polar surface area (TPSA) is 32.3 Å². The van der Waals surface area contributed by atoms with Gasteiger partial charge in [-0.1, -0.05) is 45.0 Å². The molecule has 0 aliphatic carbocycles. The first-order valence-corrected chi connectivity index (χ1v) is 7.09. The molecule has 0 saturated heterocycles. The zero-order valence-electron chi connectivity index (χ0n) is 12.0. The van der Waals surface area contributed by atoms with Crippen LogP contribution in [0, 0.1) is 5.41 Å². The van der Waals surface area contributed by atoms with E-state index >= 15 is 0 Å². The lowest BCUT2D eigenvalue weighted by Gasteiger charge is -2.29. The summed E-state index contributed by atoms with van der Waals surface area (Å²) < 4.78 is 0. The summed E-state index contributed by atoms with van der Waals surface area (Å²) in [6, 6.07) is 8.56. The van der Waals surface area contributed by atoms with Gasteiger partial charge in [-0.15, -0.1) is 0 Å². The van der Waals surface area contributed by atoms with Crippen LogP contribution in [0.2, 0.25) is 0 Å². The summed E-state index contributed by atoms with van der Waals surface area (Å²) >= 11 is 0. The number of rotatable bonds is 8. The number of benzene rings is 1. The lowest BCUT2D eigenvalue weighted by atomic mass is 9.83. The number of hydrogen-bond donors (Lipinski definition) is 2. The third-order valence-electron chi connectivity index (χ3n) is 4.15. The zero-order valence-corrected chi connectivity index (χ0v) is 12.0. The minimum atomic E-state index is 0.0428. The molecule has 2 N–H and O–H groups in total. The number of nitrogens with one attached hydrogen (secondary N) is 1. The second-order valence-electron chi connectivity index (χ2n) is 5.09. The van der Waals surface area contributed by atoms with Crippen molar-refractivity contribution < 1.29 is 5.11 Å². The molecule has 1 aromatic carbocycles. The van der Waals surface area contributed by atoms with Crippen molar-refractivity contribution in [1.82, 2.24) is 5.32 Å². The van der Waals surface area contributed by atoms with Gasteiger partial charge in [0.1, 0.15) is 0 Å². The molecule has 0 saturated carbocycles. The van der Waals surface area contributed by atoms with Crippen molar-refractivity contribution in [2.75, 3.05) is 13.2 Å². The van der Waals surface area contributed by atoms with Gasteiger partial charge in [-0.3, -0.25) is 0 Å². The Morgan fingerprint density at radius 1 is 1.06 bits per heavy atom. The van der Waals surface area contributed by atoms with Crippen molar-refractivity contribution in [2.45, 2.75) is 46.6 Å². The predicted octanol–water partition coefficient (Wildman–Crippen LogP) is 3.14. The van der Waals surface area contributed by atoms with Gasteiger partial charge < -0.3 is 10.4 Å². The second kappa shape index (κ2) is 7.55. The summed E-state index contributed by atoms with van der Waals surface area (Å²) in [5.41, 5.74) is 2.83. The van der Waals surface area contributed by atoms with E-state index in [4.69, 9.17) is 0 Å². The van der Waals surface area contributed by atoms with Gasteiger partial charge in [0.2, 0.25) is 0 Å². The first-order valence-electron chi connectivity index (χ1n) is 7.09. The fraction of sp³-hybridized carbons (Fsp3) is 0.625. The molecule has 0 aliphatic rings. The summed E-state index contributed by atoms with van der Waals surface area (Å²) in [6.07, 6.45) is 3.11. The van der Waals surface area contributed by atoms with E-state index in [0.717, 1.165) is 32.4 Å². The molecule has 102 valence electrons. The van der Waals surface area contributed by atoms with Gasteiger partial charge >= 0.3 is 0 Å². The van der Waals surface area contributed by atoms with E-state index in [1.165, 1.54) is 11.1 Å². The van der Waals surface area contributed by atoms with Crippen molar-refractivity contribution >= 4 is 0 Å². The molecule has 0 bridgehead atoms. The lowest BCUT2D eigenvalue weighted by molar-refractivity contribution is 0.113. The molecule has 0 spiro atoms. The van der Waals surface area contributed by atoms with Gasteiger partial charge in [-0.25, -0.2) is 0 Å². The van der Waals surface area contributed by atoms with Gasteiger partial charge in [0.25, 0.3) is 0 Å². The molecule has 1 aromatic rings. The van der Waals surface area contributed by atoms with Crippen molar-refractivity contribution in [3.8, 4) is 0 Å². The quantitative estimate of drug-likeness (QED) is 0.742. The maximum Gasteiger partial charge on any atom is 0.0499 e. The van der Waals surface area contributed by atoms with Crippen LogP contribution in [-0.4, -0.2) is 18.3 Å². The molecule has 0 aromatic heterocycles. The summed E-state index contributed by atoms with van der Waals surface area (Å²) in [5.74, 6) is 0. The van der Waals surface area contributed by atoms with E-state index in [1.54, 1.807) is 0 Å². The fourth-order valence-corrected chi connectivity index (χ4v) is 2.32. The average Bonchev–Trinajstić information content (AvgIpc) is 2.44. The largest absolute Gasteiger partial charge is 0.396 e. The van der Waals surface area contributed by atoms with E-state index in [2.05, 4.69) is 50.4 Å². The van der Waals surface area contributed by atoms with Gasteiger partial charge in [-0.2, -0.15) is 0 Å². The molecule has 2 nitrogen and oxygen atoms in total. The molecule has 0 aliphatic heterocycles. The third kappa shape index (κ3) is 3.82. The lowest BCUT2D eigenvalue weighted by Crippen LogP contribution is -2.36. The monoisotopic (exact) mass is 249 g/mol. The van der Waals surface area contributed by atoms with Gasteiger partial charge in [0, 0.05) is 25.1 Å². The number of aliphatic hydroxyl groups is 1. The Hall–Kier alpha value is -0.860. The van der Waals surface area contributed by atoms with Crippen LogP contribution in [0.15, 0.2) is 24.3 Å². The maximum atomic E-state index is 9.53. The van der Waals surface area contributed by atoms with Crippen LogP contribution in [0.5, 0.6) is 0 Å². The van der Waals surface area contributed by atoms with E-state index in [1.807, 2.05) is 0 Å². The van der Waals surface area contributed by atoms with Gasteiger partial charge in [0.15, 0.2) is 0 Å². The first kappa shape index (κ1) is 15.2. The van der Waals surface area contributed by atoms with Crippen LogP contribution in [0.25, 0.3) is 0 Å². The Labute approximate surface area is 111 Å². The minimum Gasteiger partial charge on any atom is -0.396 e. The molecule has 0 radical (unpaired) electrons. The van der Waals surface area contributed by atoms with Crippen LogP contribution in [0.3, 0.4) is 0 Å². The van der Waals surface area contributed by atoms with Crippen LogP contribution < -0.4 is 5.32 Å². The van der Waals surface area contributed by atoms with Gasteiger partial charge in [0.05, 0.1) is 0 Å². The Morgan fingerprint density at radius 2 is 1.67 bits per heavy atom. The standard InChI is InChI=1S/C16H27NO/c1-4-14-9-7-8-10-15(14)11-17-12-16(5-2,6-3)13-18/h7-10,17-18H,4-6,11-13H2,1-3H3. The molecule has 18 heavy (non-hydrogen) atoms. The van der Waals surface area contributed by atoms with Crippen LogP contribution >= 0.6 is 0 Å². The SMILES string of the molecule is CCc1ccccc1CNCC(CC)(CC)CO. The van der Waals surface area contributed by atoms with Crippen molar-refractivity contribution in [3.63, 3.8) is 0 Å². The van der Waals surface area contributed by atoms with E-state index in [0.29, 0.717) is 0 Å². The maximum absolute atomic E-state index is 9.53. The molecule has 2 heteroatoms. The second-order valence-corrected chi connectivity index (χ2v) is 5.09. The van der Waals surface area contributed by atoms with Crippen molar-refractivity contribution in [2.24, 2.45) is 5.41 Å². The summed E-state index contributed by atoms with van der Waals surface area (Å²) in [4.78, 5) is 0. The fourth-order valence-electron chi connectivity index (χ4n) is 2.32. The van der Waals surface area contributed by atoms with E-state index in [9.17, 15) is 5.11 Å². The smallest absolute Gasteiger partial charge is 0.0499 e. The predicted molar refractivity (Wildman–Crippen MR) is 77.6 cm³/mol. The highest BCUT2D eigenvalue weighted by molar-refractivity contribution is 5.26. The first-order chi connectivity index (χ1) is 8.71. The Bertz CT molecular complexity index is 336. The number of aryl methyl sites for hydroxylation is 1. The molecular formula is C16H27NO. The average molecular weight is 249 g/mol. The third-order valence-corrected chi connectivity index (χ3v) is 4.15. The summed E-state index contributed by atoms with van der Waals surface area (Å²) in [6.45, 7) is 8.54. The normalized spacial score (nSPS) is 11.8. The summed E-state index contributed by atoms with van der Waals surface area (Å²) in [5, 5.41) is 13.0. The Balaban J connectivity index is 2.55. The van der Waals surface area contributed by atoms with Crippen molar-refractivity contribution in [3.05, 3.63) is 35.4 Å². The van der Waals surface area contributed by atoms with E-state index < -0.39 is 0 Å². The molecule has 0 unspecified atom stereocenters. The molecule has 0 amide bonds. The highest BCUT2D eigenvalue weighted by Crippen LogP contribution is 2.24. The zero-order chi connectivity index (χ0) is 13.4. The van der Waals surface area contributed by atoms with Crippen LogP contribution in [0.4, 0.5) is 0 Å². The summed E-state index contributed by atoms with van der Waals surface area (Å²) in [7, 11) is 0. The Morgan fingerprint density at radius 3 is 2.17 bits per heavy atom. The number of aliphatic hydroxyl groups excluding tert-OH is 1. The van der Waals surface area contributed by atoms with E-state index in [-0.39, 0.29) is 12.0 Å². The molecular weight excluding hydrogens is 222 g/mol. The molecule has 0 atom stereocenters. The number of hydrogen-bond acceptors (Lipinski definition) is 2. The van der Waals surface area contributed by atoms with Crippen LogP contribution in [-0.2, 0) is 13.0 Å². The minimum absolute atomic E-state index is 0.0428.